The van der Waals surface area contributed by atoms with Gasteiger partial charge in [-0.05, 0) is 36.2 Å². The Kier molecular flexibility index (Phi) is 4.36. The van der Waals surface area contributed by atoms with Crippen molar-refractivity contribution in [3.05, 3.63) is 52.1 Å². The van der Waals surface area contributed by atoms with E-state index < -0.39 is 0 Å². The van der Waals surface area contributed by atoms with Crippen LogP contribution in [-0.2, 0) is 0 Å². The van der Waals surface area contributed by atoms with Gasteiger partial charge in [0.05, 0.1) is 5.69 Å². The highest BCUT2D eigenvalue weighted by Gasteiger charge is 2.34. The zero-order chi connectivity index (χ0) is 12.7. The van der Waals surface area contributed by atoms with Crippen LogP contribution >= 0.6 is 35.6 Å². The van der Waals surface area contributed by atoms with E-state index in [1.807, 2.05) is 24.4 Å². The van der Waals surface area contributed by atoms with Crippen LogP contribution in [0.15, 0.2) is 36.5 Å². The van der Waals surface area contributed by atoms with Crippen LogP contribution in [0.2, 0.25) is 10.0 Å². The fourth-order valence-electron chi connectivity index (χ4n) is 2.10. The summed E-state index contributed by atoms with van der Waals surface area (Å²) < 4.78 is 0. The Balaban J connectivity index is 0.00000133. The first-order valence-corrected chi connectivity index (χ1v) is 6.57. The zero-order valence-electron chi connectivity index (χ0n) is 10.0. The third-order valence-corrected chi connectivity index (χ3v) is 3.65. The Labute approximate surface area is 128 Å². The largest absolute Gasteiger partial charge is 0.327 e. The van der Waals surface area contributed by atoms with Crippen LogP contribution < -0.4 is 5.73 Å². The summed E-state index contributed by atoms with van der Waals surface area (Å²) in [6.45, 7) is 0. The first kappa shape index (κ1) is 14.6. The van der Waals surface area contributed by atoms with Gasteiger partial charge in [-0.2, -0.15) is 0 Å². The molecule has 19 heavy (non-hydrogen) atoms. The van der Waals surface area contributed by atoms with Gasteiger partial charge >= 0.3 is 0 Å². The third-order valence-electron chi connectivity index (χ3n) is 3.21. The third kappa shape index (κ3) is 3.21. The number of hydrogen-bond acceptors (Lipinski definition) is 2. The molecular weight excluding hydrogens is 303 g/mol. The lowest BCUT2D eigenvalue weighted by molar-refractivity contribution is 0.981. The first-order valence-electron chi connectivity index (χ1n) is 5.81. The summed E-state index contributed by atoms with van der Waals surface area (Å²) >= 11 is 12.0. The lowest BCUT2D eigenvalue weighted by atomic mass is 10.1. The highest BCUT2D eigenvalue weighted by Crippen LogP contribution is 2.39. The monoisotopic (exact) mass is 314 g/mol. The van der Waals surface area contributed by atoms with Gasteiger partial charge in [-0.25, -0.2) is 0 Å². The molecule has 0 radical (unpaired) electrons. The highest BCUT2D eigenvalue weighted by atomic mass is 35.5. The van der Waals surface area contributed by atoms with Crippen molar-refractivity contribution in [2.24, 2.45) is 5.73 Å². The van der Waals surface area contributed by atoms with E-state index in [4.69, 9.17) is 28.9 Å². The molecule has 1 fully saturated rings. The van der Waals surface area contributed by atoms with Gasteiger partial charge in [0.15, 0.2) is 0 Å². The van der Waals surface area contributed by atoms with Crippen LogP contribution in [0.1, 0.15) is 17.9 Å². The molecule has 2 atom stereocenters. The summed E-state index contributed by atoms with van der Waals surface area (Å²) in [6, 6.07) is 9.80. The molecule has 1 aromatic carbocycles. The molecule has 1 aliphatic rings. The number of nitrogens with zero attached hydrogens (tertiary/aromatic N) is 1. The Hall–Kier alpha value is -0.800. The van der Waals surface area contributed by atoms with Crippen molar-refractivity contribution >= 4 is 35.6 Å². The fourth-order valence-corrected chi connectivity index (χ4v) is 2.62. The predicted octanol–water partition coefficient (Wildman–Crippen LogP) is 4.29. The Morgan fingerprint density at radius 3 is 2.21 bits per heavy atom. The minimum absolute atomic E-state index is 0. The number of nitrogens with two attached hydrogens (primary N) is 1. The molecule has 0 amide bonds. The summed E-state index contributed by atoms with van der Waals surface area (Å²) in [4.78, 5) is 4.45. The van der Waals surface area contributed by atoms with E-state index in [9.17, 15) is 0 Å². The molecule has 3 rings (SSSR count). The molecule has 0 bridgehead atoms. The van der Waals surface area contributed by atoms with Crippen molar-refractivity contribution in [1.29, 1.82) is 0 Å². The minimum Gasteiger partial charge on any atom is -0.327 e. The van der Waals surface area contributed by atoms with E-state index in [1.54, 1.807) is 6.07 Å². The average Bonchev–Trinajstić information content (AvgIpc) is 3.05. The van der Waals surface area contributed by atoms with Crippen molar-refractivity contribution in [2.45, 2.75) is 18.4 Å². The molecule has 2 aromatic rings. The molecule has 0 unspecified atom stereocenters. The van der Waals surface area contributed by atoms with Crippen LogP contribution in [0.4, 0.5) is 0 Å². The van der Waals surface area contributed by atoms with E-state index in [-0.39, 0.29) is 12.4 Å². The summed E-state index contributed by atoms with van der Waals surface area (Å²) in [6.07, 6.45) is 2.95. The van der Waals surface area contributed by atoms with Crippen LogP contribution in [0.25, 0.3) is 11.3 Å². The van der Waals surface area contributed by atoms with Crippen molar-refractivity contribution in [3.8, 4) is 11.3 Å². The van der Waals surface area contributed by atoms with Crippen LogP contribution in [-0.4, -0.2) is 11.0 Å². The number of pyridine rings is 1. The van der Waals surface area contributed by atoms with Crippen LogP contribution in [0.3, 0.4) is 0 Å². The molecule has 0 aliphatic heterocycles. The van der Waals surface area contributed by atoms with Gasteiger partial charge in [0.1, 0.15) is 0 Å². The minimum atomic E-state index is 0. The fraction of sp³-hybridized carbons (Fsp3) is 0.214. The number of rotatable bonds is 2. The molecule has 100 valence electrons. The second-order valence-electron chi connectivity index (χ2n) is 4.64. The number of aromatic nitrogens is 1. The van der Waals surface area contributed by atoms with Gasteiger partial charge < -0.3 is 5.73 Å². The van der Waals surface area contributed by atoms with Gasteiger partial charge in [0, 0.05) is 33.8 Å². The van der Waals surface area contributed by atoms with E-state index >= 15 is 0 Å². The number of hydrogen-bond donors (Lipinski definition) is 1. The van der Waals surface area contributed by atoms with Gasteiger partial charge in [-0.3, -0.25) is 4.98 Å². The smallest absolute Gasteiger partial charge is 0.0703 e. The first-order chi connectivity index (χ1) is 8.63. The van der Waals surface area contributed by atoms with Gasteiger partial charge in [-0.1, -0.05) is 29.3 Å². The van der Waals surface area contributed by atoms with E-state index in [0.29, 0.717) is 22.0 Å². The van der Waals surface area contributed by atoms with Crippen molar-refractivity contribution in [3.63, 3.8) is 0 Å². The second kappa shape index (κ2) is 5.68. The molecule has 1 aliphatic carbocycles. The highest BCUT2D eigenvalue weighted by molar-refractivity contribution is 6.35. The topological polar surface area (TPSA) is 38.9 Å². The van der Waals surface area contributed by atoms with Gasteiger partial charge in [0.25, 0.3) is 0 Å². The molecule has 0 spiro atoms. The maximum Gasteiger partial charge on any atom is 0.0703 e. The van der Waals surface area contributed by atoms with E-state index in [0.717, 1.165) is 17.7 Å². The zero-order valence-corrected chi connectivity index (χ0v) is 12.3. The quantitative estimate of drug-likeness (QED) is 0.897. The molecule has 1 saturated carbocycles. The summed E-state index contributed by atoms with van der Waals surface area (Å²) in [5.74, 6) is 0.481. The molecule has 0 saturated heterocycles. The Bertz CT molecular complexity index is 563. The summed E-state index contributed by atoms with van der Waals surface area (Å²) in [7, 11) is 0. The number of halogens is 3. The van der Waals surface area contributed by atoms with E-state index in [1.165, 1.54) is 5.56 Å². The normalized spacial score (nSPS) is 20.8. The maximum atomic E-state index is 5.98. The van der Waals surface area contributed by atoms with E-state index in [2.05, 4.69) is 11.1 Å². The molecule has 2 N–H and O–H groups in total. The summed E-state index contributed by atoms with van der Waals surface area (Å²) in [5, 5.41) is 1.24. The van der Waals surface area contributed by atoms with Crippen molar-refractivity contribution in [1.82, 2.24) is 4.98 Å². The van der Waals surface area contributed by atoms with Crippen molar-refractivity contribution in [2.75, 3.05) is 0 Å². The summed E-state index contributed by atoms with van der Waals surface area (Å²) in [5.41, 5.74) is 8.83. The molecule has 5 heteroatoms. The lowest BCUT2D eigenvalue weighted by Crippen LogP contribution is -2.01. The van der Waals surface area contributed by atoms with Gasteiger partial charge in [-0.15, -0.1) is 12.4 Å². The molecular formula is C14H13Cl3N2. The SMILES string of the molecule is Cl.N[C@@H]1C[C@H]1c1ccc(-c2cc(Cl)cc(Cl)c2)nc1. The molecule has 1 heterocycles. The second-order valence-corrected chi connectivity index (χ2v) is 5.51. The maximum absolute atomic E-state index is 5.98. The van der Waals surface area contributed by atoms with Crippen LogP contribution in [0, 0.1) is 0 Å². The standard InChI is InChI=1S/C14H12Cl2N2.ClH/c15-10-3-9(4-11(16)5-10)14-2-1-8(7-18-14)12-6-13(12)17;/h1-5,7,12-13H,6,17H2;1H/t12-,13+;/m0./s1. The van der Waals surface area contributed by atoms with Crippen LogP contribution in [0.5, 0.6) is 0 Å². The average molecular weight is 316 g/mol. The molecule has 1 aromatic heterocycles. The predicted molar refractivity (Wildman–Crippen MR) is 82.3 cm³/mol. The Morgan fingerprint density at radius 2 is 1.74 bits per heavy atom. The van der Waals surface area contributed by atoms with Crippen molar-refractivity contribution < 1.29 is 0 Å². The molecule has 2 nitrogen and oxygen atoms in total. The Morgan fingerprint density at radius 1 is 1.11 bits per heavy atom. The number of benzene rings is 1. The van der Waals surface area contributed by atoms with Gasteiger partial charge in [0.2, 0.25) is 0 Å². The lowest BCUT2D eigenvalue weighted by Gasteiger charge is -2.04.